The van der Waals surface area contributed by atoms with Gasteiger partial charge in [0.15, 0.2) is 0 Å². The average molecular weight is 401 g/mol. The zero-order valence-corrected chi connectivity index (χ0v) is 16.8. The van der Waals surface area contributed by atoms with Crippen LogP contribution in [0.15, 0.2) is 40.4 Å². The first-order valence-corrected chi connectivity index (χ1v) is 10.5. The number of ether oxygens (including phenoxy) is 2. The topological polar surface area (TPSA) is 51.7 Å². The lowest BCUT2D eigenvalue weighted by Gasteiger charge is -2.23. The minimum atomic E-state index is -0.0277. The van der Waals surface area contributed by atoms with Crippen LogP contribution in [0.25, 0.3) is 10.6 Å². The van der Waals surface area contributed by atoms with Crippen LogP contribution in [0.3, 0.4) is 0 Å². The Balaban J connectivity index is 1.59. The number of carbonyl (C=O) groups is 1. The van der Waals surface area contributed by atoms with E-state index in [1.165, 1.54) is 11.3 Å². The lowest BCUT2D eigenvalue weighted by molar-refractivity contribution is 0.0723. The number of thiophene rings is 1. The van der Waals surface area contributed by atoms with Gasteiger partial charge in [-0.3, -0.25) is 4.79 Å². The van der Waals surface area contributed by atoms with Crippen LogP contribution in [-0.2, 0) is 6.54 Å². The van der Waals surface area contributed by atoms with Crippen LogP contribution in [0.1, 0.15) is 28.9 Å². The molecule has 5 nitrogen and oxygen atoms in total. The van der Waals surface area contributed by atoms with Gasteiger partial charge in [0.2, 0.25) is 0 Å². The summed E-state index contributed by atoms with van der Waals surface area (Å²) >= 11 is 3.14. The van der Waals surface area contributed by atoms with E-state index in [4.69, 9.17) is 9.47 Å². The van der Waals surface area contributed by atoms with Gasteiger partial charge >= 0.3 is 0 Å². The number of nitrogens with zero attached hydrogens (tertiary/aromatic N) is 2. The summed E-state index contributed by atoms with van der Waals surface area (Å²) < 4.78 is 10.8. The first kappa shape index (κ1) is 18.0. The van der Waals surface area contributed by atoms with Crippen molar-refractivity contribution in [3.63, 3.8) is 0 Å². The van der Waals surface area contributed by atoms with E-state index < -0.39 is 0 Å². The largest absolute Gasteiger partial charge is 0.497 e. The van der Waals surface area contributed by atoms with Crippen LogP contribution in [0.4, 0.5) is 0 Å². The summed E-state index contributed by atoms with van der Waals surface area (Å²) in [5.41, 5.74) is 2.51. The third-order valence-corrected chi connectivity index (χ3v) is 6.14. The molecule has 2 heterocycles. The lowest BCUT2D eigenvalue weighted by Crippen LogP contribution is -2.33. The Morgan fingerprint density at radius 1 is 1.22 bits per heavy atom. The normalized spacial score (nSPS) is 13.4. The van der Waals surface area contributed by atoms with Crippen LogP contribution >= 0.6 is 22.7 Å². The smallest absolute Gasteiger partial charge is 0.273 e. The Kier molecular flexibility index (Phi) is 5.13. The molecule has 0 N–H and O–H groups in total. The summed E-state index contributed by atoms with van der Waals surface area (Å²) in [6, 6.07) is 7.96. The van der Waals surface area contributed by atoms with Gasteiger partial charge in [-0.1, -0.05) is 0 Å². The number of hydrogen-bond donors (Lipinski definition) is 0. The fourth-order valence-corrected chi connectivity index (χ4v) is 4.49. The van der Waals surface area contributed by atoms with Crippen molar-refractivity contribution in [2.45, 2.75) is 25.4 Å². The maximum atomic E-state index is 13.2. The molecule has 0 bridgehead atoms. The van der Waals surface area contributed by atoms with Crippen LogP contribution in [-0.4, -0.2) is 36.1 Å². The highest BCUT2D eigenvalue weighted by Crippen LogP contribution is 2.34. The number of aromatic nitrogens is 1. The highest BCUT2D eigenvalue weighted by Gasteiger charge is 2.34. The Morgan fingerprint density at radius 2 is 2.07 bits per heavy atom. The Labute approximate surface area is 166 Å². The van der Waals surface area contributed by atoms with Gasteiger partial charge in [-0.2, -0.15) is 11.3 Å². The van der Waals surface area contributed by atoms with Crippen molar-refractivity contribution in [3.05, 3.63) is 51.7 Å². The van der Waals surface area contributed by atoms with Gasteiger partial charge in [0.1, 0.15) is 22.2 Å². The van der Waals surface area contributed by atoms with E-state index in [2.05, 4.69) is 4.98 Å². The van der Waals surface area contributed by atoms with E-state index in [-0.39, 0.29) is 11.9 Å². The Hall–Kier alpha value is -2.38. The molecule has 1 aliphatic carbocycles. The van der Waals surface area contributed by atoms with Crippen LogP contribution in [0, 0.1) is 0 Å². The number of carbonyl (C=O) groups excluding carboxylic acids is 1. The molecule has 4 rings (SSSR count). The quantitative estimate of drug-likeness (QED) is 0.577. The van der Waals surface area contributed by atoms with Crippen molar-refractivity contribution in [1.82, 2.24) is 9.88 Å². The van der Waals surface area contributed by atoms with Crippen molar-refractivity contribution in [2.24, 2.45) is 0 Å². The van der Waals surface area contributed by atoms with Crippen molar-refractivity contribution >= 4 is 28.6 Å². The molecule has 3 aromatic rings. The molecule has 140 valence electrons. The van der Waals surface area contributed by atoms with E-state index in [0.717, 1.165) is 40.5 Å². The van der Waals surface area contributed by atoms with Crippen LogP contribution in [0.2, 0.25) is 0 Å². The number of hydrogen-bond acceptors (Lipinski definition) is 6. The van der Waals surface area contributed by atoms with Crippen molar-refractivity contribution in [3.8, 4) is 22.1 Å². The Morgan fingerprint density at radius 3 is 2.74 bits per heavy atom. The molecule has 0 spiro atoms. The van der Waals surface area contributed by atoms with Gasteiger partial charge in [-0.25, -0.2) is 4.98 Å². The van der Waals surface area contributed by atoms with Gasteiger partial charge in [0.05, 0.1) is 20.8 Å². The molecule has 1 amide bonds. The second kappa shape index (κ2) is 7.70. The van der Waals surface area contributed by atoms with Gasteiger partial charge < -0.3 is 14.4 Å². The van der Waals surface area contributed by atoms with Crippen LogP contribution in [0.5, 0.6) is 11.5 Å². The summed E-state index contributed by atoms with van der Waals surface area (Å²) in [4.78, 5) is 19.7. The number of methoxy groups -OCH3 is 2. The predicted octanol–water partition coefficient (Wildman–Crippen LogP) is 4.69. The Bertz CT molecular complexity index is 933. The molecule has 7 heteroatoms. The zero-order chi connectivity index (χ0) is 18.8. The minimum absolute atomic E-state index is 0.0277. The summed E-state index contributed by atoms with van der Waals surface area (Å²) in [5.74, 6) is 1.48. The lowest BCUT2D eigenvalue weighted by atomic mass is 10.1. The molecule has 1 aromatic carbocycles. The molecular formula is C20H20N2O3S2. The van der Waals surface area contributed by atoms with Gasteiger partial charge in [-0.15, -0.1) is 11.3 Å². The van der Waals surface area contributed by atoms with E-state index >= 15 is 0 Å². The zero-order valence-electron chi connectivity index (χ0n) is 15.2. The van der Waals surface area contributed by atoms with E-state index in [0.29, 0.717) is 12.2 Å². The highest BCUT2D eigenvalue weighted by atomic mass is 32.1. The van der Waals surface area contributed by atoms with E-state index in [9.17, 15) is 4.79 Å². The number of benzene rings is 1. The molecule has 0 saturated heterocycles. The average Bonchev–Trinajstić information content (AvgIpc) is 3.18. The second-order valence-electron chi connectivity index (χ2n) is 6.39. The van der Waals surface area contributed by atoms with Gasteiger partial charge in [-0.05, 0) is 42.5 Å². The van der Waals surface area contributed by atoms with Gasteiger partial charge in [0.25, 0.3) is 5.91 Å². The first-order chi connectivity index (χ1) is 13.2. The molecular weight excluding hydrogens is 380 g/mol. The summed E-state index contributed by atoms with van der Waals surface area (Å²) in [5, 5.41) is 6.80. The van der Waals surface area contributed by atoms with E-state index in [1.54, 1.807) is 25.6 Å². The molecule has 0 unspecified atom stereocenters. The van der Waals surface area contributed by atoms with Gasteiger partial charge in [0, 0.05) is 27.9 Å². The summed E-state index contributed by atoms with van der Waals surface area (Å²) in [6.07, 6.45) is 2.05. The molecule has 1 aliphatic rings. The highest BCUT2D eigenvalue weighted by molar-refractivity contribution is 7.14. The minimum Gasteiger partial charge on any atom is -0.497 e. The molecule has 1 saturated carbocycles. The maximum Gasteiger partial charge on any atom is 0.273 e. The third-order valence-electron chi connectivity index (χ3n) is 4.57. The van der Waals surface area contributed by atoms with Crippen LogP contribution < -0.4 is 9.47 Å². The number of amides is 1. The fraction of sp³-hybridized carbons (Fsp3) is 0.300. The summed E-state index contributed by atoms with van der Waals surface area (Å²) in [6.45, 7) is 0.481. The predicted molar refractivity (Wildman–Crippen MR) is 108 cm³/mol. The molecule has 0 radical (unpaired) electrons. The maximum absolute atomic E-state index is 13.2. The van der Waals surface area contributed by atoms with E-state index in [1.807, 2.05) is 45.3 Å². The summed E-state index contributed by atoms with van der Waals surface area (Å²) in [7, 11) is 3.28. The monoisotopic (exact) mass is 400 g/mol. The number of rotatable bonds is 7. The van der Waals surface area contributed by atoms with Crippen molar-refractivity contribution < 1.29 is 14.3 Å². The third kappa shape index (κ3) is 3.84. The SMILES string of the molecule is COc1ccc(OC)c(CN(C(=O)c2csc(-c3ccsc3)n2)C2CC2)c1. The molecule has 0 aliphatic heterocycles. The second-order valence-corrected chi connectivity index (χ2v) is 8.03. The van der Waals surface area contributed by atoms with Crippen molar-refractivity contribution in [2.75, 3.05) is 14.2 Å². The first-order valence-electron chi connectivity index (χ1n) is 8.69. The van der Waals surface area contributed by atoms with Crippen molar-refractivity contribution in [1.29, 1.82) is 0 Å². The molecule has 0 atom stereocenters. The molecule has 1 fully saturated rings. The standard InChI is InChI=1S/C20H20N2O3S2/c1-24-16-5-6-18(25-2)14(9-16)10-22(15-3-4-15)20(23)17-12-27-19(21-17)13-7-8-26-11-13/h5-9,11-12,15H,3-4,10H2,1-2H3. The fourth-order valence-electron chi connectivity index (χ4n) is 2.98. The number of thiazole rings is 1. The molecule has 2 aromatic heterocycles. The molecule has 27 heavy (non-hydrogen) atoms.